The number of ether oxygens (including phenoxy) is 1. The molecule has 58 heavy (non-hydrogen) atoms. The second kappa shape index (κ2) is 17.0. The third kappa shape index (κ3) is 8.10. The zero-order valence-corrected chi connectivity index (χ0v) is 31.4. The van der Waals surface area contributed by atoms with Gasteiger partial charge in [0, 0.05) is 101 Å². The topological polar surface area (TPSA) is 175 Å². The van der Waals surface area contributed by atoms with Crippen LogP contribution in [0.15, 0.2) is 122 Å². The van der Waals surface area contributed by atoms with Crippen LogP contribution in [0, 0.1) is 11.7 Å². The highest BCUT2D eigenvalue weighted by molar-refractivity contribution is 6.13. The lowest BCUT2D eigenvalue weighted by atomic mass is 10.1. The maximum Gasteiger partial charge on any atom is 0.257 e. The molecule has 0 aliphatic heterocycles. The van der Waals surface area contributed by atoms with Crippen LogP contribution in [0.2, 0.25) is 0 Å². The van der Waals surface area contributed by atoms with Crippen molar-refractivity contribution in [3.05, 3.63) is 145 Å². The molecule has 4 aromatic heterocycles. The van der Waals surface area contributed by atoms with E-state index in [1.807, 2.05) is 82.2 Å². The smallest absolute Gasteiger partial charge is 0.257 e. The van der Waals surface area contributed by atoms with Gasteiger partial charge in [0.25, 0.3) is 11.8 Å². The number of fused-ring (bicyclic) bond motifs is 2. The molecule has 0 radical (unpaired) electrons. The van der Waals surface area contributed by atoms with Crippen molar-refractivity contribution in [3.8, 4) is 28.0 Å². The van der Waals surface area contributed by atoms with Crippen molar-refractivity contribution in [3.63, 3.8) is 0 Å². The number of anilines is 1. The molecule has 8 rings (SSSR count). The van der Waals surface area contributed by atoms with E-state index in [0.29, 0.717) is 47.5 Å². The minimum Gasteiger partial charge on any atom is -0.493 e. The Morgan fingerprint density at radius 1 is 0.776 bits per heavy atom. The van der Waals surface area contributed by atoms with E-state index < -0.39 is 5.82 Å². The number of aliphatic hydroxyl groups excluding tert-OH is 2. The Morgan fingerprint density at radius 3 is 2.05 bits per heavy atom. The molecule has 0 aliphatic rings. The number of aromatic amines is 2. The first-order chi connectivity index (χ1) is 28.4. The number of amides is 2. The fourth-order valence-corrected chi connectivity index (χ4v) is 7.14. The number of halogens is 1. The number of carbonyl (C=O) groups excluding carboxylic acids is 2. The van der Waals surface area contributed by atoms with Crippen LogP contribution in [0.1, 0.15) is 32.7 Å². The predicted molar refractivity (Wildman–Crippen MR) is 219 cm³/mol. The molecule has 0 fully saturated rings. The van der Waals surface area contributed by atoms with Gasteiger partial charge >= 0.3 is 0 Å². The molecule has 294 valence electrons. The molecule has 0 aliphatic carbocycles. The summed E-state index contributed by atoms with van der Waals surface area (Å²) in [7, 11) is 0. The fourth-order valence-electron chi connectivity index (χ4n) is 7.14. The van der Waals surface area contributed by atoms with Gasteiger partial charge in [-0.1, -0.05) is 42.5 Å². The summed E-state index contributed by atoms with van der Waals surface area (Å²) < 4.78 is 23.8. The number of aromatic nitrogens is 6. The van der Waals surface area contributed by atoms with Gasteiger partial charge < -0.3 is 34.7 Å². The highest BCUT2D eigenvalue weighted by Crippen LogP contribution is 2.31. The molecular formula is C44H41FN8O5. The largest absolute Gasteiger partial charge is 0.493 e. The lowest BCUT2D eigenvalue weighted by Gasteiger charge is -2.19. The summed E-state index contributed by atoms with van der Waals surface area (Å²) in [5.74, 6) is -0.813. The lowest BCUT2D eigenvalue weighted by molar-refractivity contribution is 0.0951. The summed E-state index contributed by atoms with van der Waals surface area (Å²) in [6.45, 7) is 1.06. The first kappa shape index (κ1) is 37.9. The molecule has 4 heterocycles. The summed E-state index contributed by atoms with van der Waals surface area (Å²) in [5.41, 5.74) is 7.48. The van der Waals surface area contributed by atoms with Crippen molar-refractivity contribution in [2.24, 2.45) is 5.92 Å². The van der Waals surface area contributed by atoms with Gasteiger partial charge in [-0.05, 0) is 60.0 Å². The van der Waals surface area contributed by atoms with Crippen LogP contribution in [0.5, 0.6) is 5.75 Å². The first-order valence-corrected chi connectivity index (χ1v) is 18.9. The van der Waals surface area contributed by atoms with E-state index in [2.05, 4.69) is 31.0 Å². The van der Waals surface area contributed by atoms with Crippen molar-refractivity contribution in [1.29, 1.82) is 0 Å². The van der Waals surface area contributed by atoms with Gasteiger partial charge in [0.1, 0.15) is 11.6 Å². The number of benzene rings is 4. The van der Waals surface area contributed by atoms with Crippen molar-refractivity contribution >= 4 is 39.3 Å². The summed E-state index contributed by atoms with van der Waals surface area (Å²) in [5, 5.41) is 41.3. The SMILES string of the molecule is O=C(NCc1ccccc1OCC(CO)Cn1cc(C(=O)Nc2ccc(F)cc2)c2ccc(-c3cn[nH]c3)cc21)c1cn(CCCO)c2cc(-c3cn[nH]c3)ccc12. The number of para-hydroxylation sites is 1. The number of hydrogen-bond donors (Lipinski definition) is 6. The van der Waals surface area contributed by atoms with Gasteiger partial charge in [-0.3, -0.25) is 19.8 Å². The molecule has 8 aromatic rings. The van der Waals surface area contributed by atoms with Gasteiger partial charge in [0.05, 0.1) is 36.7 Å². The molecule has 1 atom stereocenters. The van der Waals surface area contributed by atoms with Crippen molar-refractivity contribution in [2.45, 2.75) is 26.1 Å². The number of carbonyl (C=O) groups is 2. The van der Waals surface area contributed by atoms with Gasteiger partial charge in [-0.25, -0.2) is 4.39 Å². The number of H-pyrrole nitrogens is 2. The number of rotatable bonds is 16. The molecule has 14 heteroatoms. The normalized spacial score (nSPS) is 11.9. The molecule has 0 spiro atoms. The number of nitrogens with zero attached hydrogens (tertiary/aromatic N) is 4. The average molecular weight is 781 g/mol. The monoisotopic (exact) mass is 780 g/mol. The summed E-state index contributed by atoms with van der Waals surface area (Å²) in [4.78, 5) is 27.3. The first-order valence-electron chi connectivity index (χ1n) is 18.9. The van der Waals surface area contributed by atoms with Crippen LogP contribution in [0.25, 0.3) is 44.1 Å². The molecule has 1 unspecified atom stereocenters. The number of nitrogens with one attached hydrogen (secondary N) is 4. The molecular weight excluding hydrogens is 740 g/mol. The van der Waals surface area contributed by atoms with E-state index >= 15 is 0 Å². The Balaban J connectivity index is 0.986. The third-order valence-corrected chi connectivity index (χ3v) is 10.2. The van der Waals surface area contributed by atoms with E-state index in [9.17, 15) is 24.2 Å². The fraction of sp³-hybridized carbons (Fsp3) is 0.182. The van der Waals surface area contributed by atoms with Gasteiger partial charge in [0.2, 0.25) is 0 Å². The van der Waals surface area contributed by atoms with Crippen LogP contribution in [-0.4, -0.2) is 71.4 Å². The molecule has 0 saturated heterocycles. The number of aryl methyl sites for hydroxylation is 1. The second-order valence-electron chi connectivity index (χ2n) is 14.1. The second-order valence-corrected chi connectivity index (χ2v) is 14.1. The van der Waals surface area contributed by atoms with Crippen molar-refractivity contribution in [2.75, 3.05) is 25.1 Å². The van der Waals surface area contributed by atoms with Crippen LogP contribution >= 0.6 is 0 Å². The Hall–Kier alpha value is -7.03. The zero-order chi connectivity index (χ0) is 40.0. The summed E-state index contributed by atoms with van der Waals surface area (Å²) >= 11 is 0. The Morgan fingerprint density at radius 2 is 1.41 bits per heavy atom. The zero-order valence-electron chi connectivity index (χ0n) is 31.4. The van der Waals surface area contributed by atoms with Crippen LogP contribution < -0.4 is 15.4 Å². The summed E-state index contributed by atoms with van der Waals surface area (Å²) in [6.07, 6.45) is 11.2. The van der Waals surface area contributed by atoms with E-state index in [4.69, 9.17) is 4.74 Å². The molecule has 4 aromatic carbocycles. The Labute approximate surface area is 332 Å². The van der Waals surface area contributed by atoms with E-state index in [1.54, 1.807) is 24.8 Å². The minimum atomic E-state index is -0.401. The average Bonchev–Trinajstić information content (AvgIpc) is 4.09. The number of hydrogen-bond acceptors (Lipinski definition) is 7. The number of aliphatic hydroxyl groups is 2. The van der Waals surface area contributed by atoms with Crippen molar-refractivity contribution in [1.82, 2.24) is 34.8 Å². The van der Waals surface area contributed by atoms with Crippen LogP contribution in [0.3, 0.4) is 0 Å². The molecule has 0 saturated carbocycles. The Kier molecular flexibility index (Phi) is 11.1. The lowest BCUT2D eigenvalue weighted by Crippen LogP contribution is -2.24. The van der Waals surface area contributed by atoms with Crippen LogP contribution in [-0.2, 0) is 19.6 Å². The minimum absolute atomic E-state index is 0.0304. The van der Waals surface area contributed by atoms with Gasteiger partial charge in [0.15, 0.2) is 0 Å². The predicted octanol–water partition coefficient (Wildman–Crippen LogP) is 6.77. The molecule has 0 bridgehead atoms. The van der Waals surface area contributed by atoms with Gasteiger partial charge in [-0.2, -0.15) is 10.2 Å². The quantitative estimate of drug-likeness (QED) is 0.0628. The maximum atomic E-state index is 13.7. The van der Waals surface area contributed by atoms with E-state index in [0.717, 1.165) is 44.2 Å². The van der Waals surface area contributed by atoms with Gasteiger partial charge in [-0.15, -0.1) is 0 Å². The molecule has 13 nitrogen and oxygen atoms in total. The van der Waals surface area contributed by atoms with E-state index in [1.165, 1.54) is 24.3 Å². The van der Waals surface area contributed by atoms with Crippen LogP contribution in [0.4, 0.5) is 10.1 Å². The van der Waals surface area contributed by atoms with Crippen molar-refractivity contribution < 1.29 is 28.9 Å². The molecule has 6 N–H and O–H groups in total. The molecule has 2 amide bonds. The highest BCUT2D eigenvalue weighted by Gasteiger charge is 2.21. The van der Waals surface area contributed by atoms with E-state index in [-0.39, 0.29) is 44.1 Å². The summed E-state index contributed by atoms with van der Waals surface area (Å²) in [6, 6.07) is 24.7. The standard InChI is InChI=1S/C44H41FN8O5/c45-34-8-10-35(11-9-34)51-44(57)39-25-53(41-17-30(7-13-37(39)41)33-21-49-50-22-33)23-28(26-55)27-58-42-5-2-1-4-31(42)18-46-43(56)38-24-52(14-3-15-54)40-16-29(6-12-36(38)40)32-19-47-48-20-32/h1-2,4-13,16-17,19-22,24-25,28,54-55H,3,14-15,18,23,26-27H2,(H,46,56)(H,47,48)(H,49,50)(H,51,57). The third-order valence-electron chi connectivity index (χ3n) is 10.2. The Bertz CT molecular complexity index is 2670. The maximum absolute atomic E-state index is 13.7. The highest BCUT2D eigenvalue weighted by atomic mass is 19.1.